The van der Waals surface area contributed by atoms with E-state index in [0.29, 0.717) is 24.8 Å². The summed E-state index contributed by atoms with van der Waals surface area (Å²) in [5, 5.41) is 8.60. The standard InChI is InChI=1S/C11H14F2O2/c1-15-11-8(4-2-3-5-14)6-9(12)7-10(11)13/h6-7,14H,2-5H2,1H3. The highest BCUT2D eigenvalue weighted by molar-refractivity contribution is 5.35. The van der Waals surface area contributed by atoms with Gasteiger partial charge in [0.1, 0.15) is 5.82 Å². The summed E-state index contributed by atoms with van der Waals surface area (Å²) < 4.78 is 31.0. The molecule has 0 spiro atoms. The van der Waals surface area contributed by atoms with E-state index >= 15 is 0 Å². The number of aryl methyl sites for hydroxylation is 1. The second-order valence-corrected chi connectivity index (χ2v) is 3.26. The van der Waals surface area contributed by atoms with Gasteiger partial charge in [0.25, 0.3) is 0 Å². The van der Waals surface area contributed by atoms with E-state index in [2.05, 4.69) is 0 Å². The summed E-state index contributed by atoms with van der Waals surface area (Å²) >= 11 is 0. The Labute approximate surface area is 87.5 Å². The van der Waals surface area contributed by atoms with E-state index in [1.54, 1.807) is 0 Å². The van der Waals surface area contributed by atoms with Gasteiger partial charge in [-0.05, 0) is 25.3 Å². The smallest absolute Gasteiger partial charge is 0.168 e. The number of hydrogen-bond acceptors (Lipinski definition) is 2. The third-order valence-corrected chi connectivity index (χ3v) is 2.14. The molecule has 15 heavy (non-hydrogen) atoms. The van der Waals surface area contributed by atoms with Crippen LogP contribution < -0.4 is 4.74 Å². The molecule has 84 valence electrons. The van der Waals surface area contributed by atoms with Gasteiger partial charge in [-0.1, -0.05) is 0 Å². The first-order valence-corrected chi connectivity index (χ1v) is 4.81. The largest absolute Gasteiger partial charge is 0.493 e. The van der Waals surface area contributed by atoms with Gasteiger partial charge in [-0.25, -0.2) is 8.78 Å². The van der Waals surface area contributed by atoms with Crippen LogP contribution in [0.2, 0.25) is 0 Å². The first kappa shape index (κ1) is 11.9. The van der Waals surface area contributed by atoms with Crippen molar-refractivity contribution in [2.75, 3.05) is 13.7 Å². The first-order valence-electron chi connectivity index (χ1n) is 4.81. The maximum Gasteiger partial charge on any atom is 0.168 e. The fraction of sp³-hybridized carbons (Fsp3) is 0.455. The van der Waals surface area contributed by atoms with E-state index in [1.165, 1.54) is 13.2 Å². The van der Waals surface area contributed by atoms with Gasteiger partial charge in [-0.2, -0.15) is 0 Å². The highest BCUT2D eigenvalue weighted by Crippen LogP contribution is 2.25. The maximum atomic E-state index is 13.2. The molecule has 4 heteroatoms. The Hall–Kier alpha value is -1.16. The molecule has 1 aromatic carbocycles. The summed E-state index contributed by atoms with van der Waals surface area (Å²) in [6.45, 7) is 0.0834. The van der Waals surface area contributed by atoms with E-state index in [9.17, 15) is 8.78 Å². The van der Waals surface area contributed by atoms with Crippen molar-refractivity contribution in [3.63, 3.8) is 0 Å². The summed E-state index contributed by atoms with van der Waals surface area (Å²) in [5.74, 6) is -1.20. The summed E-state index contributed by atoms with van der Waals surface area (Å²) in [6, 6.07) is 2.06. The SMILES string of the molecule is COc1c(F)cc(F)cc1CCCCO. The second-order valence-electron chi connectivity index (χ2n) is 3.26. The van der Waals surface area contributed by atoms with Crippen molar-refractivity contribution in [2.24, 2.45) is 0 Å². The zero-order valence-electron chi connectivity index (χ0n) is 8.59. The molecular weight excluding hydrogens is 202 g/mol. The monoisotopic (exact) mass is 216 g/mol. The van der Waals surface area contributed by atoms with E-state index in [-0.39, 0.29) is 12.4 Å². The van der Waals surface area contributed by atoms with Crippen LogP contribution in [0.1, 0.15) is 18.4 Å². The minimum Gasteiger partial charge on any atom is -0.493 e. The van der Waals surface area contributed by atoms with Gasteiger partial charge in [-0.15, -0.1) is 0 Å². The number of aliphatic hydroxyl groups excluding tert-OH is 1. The predicted molar refractivity (Wildman–Crippen MR) is 52.9 cm³/mol. The molecule has 0 radical (unpaired) electrons. The van der Waals surface area contributed by atoms with Gasteiger partial charge < -0.3 is 9.84 Å². The van der Waals surface area contributed by atoms with Crippen LogP contribution in [0.3, 0.4) is 0 Å². The number of halogens is 2. The summed E-state index contributed by atoms with van der Waals surface area (Å²) in [5.41, 5.74) is 0.503. The third-order valence-electron chi connectivity index (χ3n) is 2.14. The van der Waals surface area contributed by atoms with Crippen molar-refractivity contribution in [1.29, 1.82) is 0 Å². The van der Waals surface area contributed by atoms with Gasteiger partial charge in [0.2, 0.25) is 0 Å². The van der Waals surface area contributed by atoms with Gasteiger partial charge in [0.05, 0.1) is 7.11 Å². The Bertz CT molecular complexity index is 327. The highest BCUT2D eigenvalue weighted by atomic mass is 19.1. The molecule has 0 aromatic heterocycles. The van der Waals surface area contributed by atoms with Crippen LogP contribution in [0.25, 0.3) is 0 Å². The van der Waals surface area contributed by atoms with Crippen LogP contribution >= 0.6 is 0 Å². The summed E-state index contributed by atoms with van der Waals surface area (Å²) in [4.78, 5) is 0. The number of ether oxygens (including phenoxy) is 1. The Balaban J connectivity index is 2.84. The molecular formula is C11H14F2O2. The molecule has 0 heterocycles. The Morgan fingerprint density at radius 1 is 1.27 bits per heavy atom. The third kappa shape index (κ3) is 3.16. The van der Waals surface area contributed by atoms with Gasteiger partial charge in [0.15, 0.2) is 11.6 Å². The number of hydrogen-bond donors (Lipinski definition) is 1. The van der Waals surface area contributed by atoms with Crippen LogP contribution in [0, 0.1) is 11.6 Å². The second kappa shape index (κ2) is 5.66. The van der Waals surface area contributed by atoms with Crippen molar-refractivity contribution >= 4 is 0 Å². The van der Waals surface area contributed by atoms with Crippen molar-refractivity contribution in [1.82, 2.24) is 0 Å². The molecule has 0 fully saturated rings. The van der Waals surface area contributed by atoms with Crippen molar-refractivity contribution in [2.45, 2.75) is 19.3 Å². The predicted octanol–water partition coefficient (Wildman–Crippen LogP) is 2.29. The maximum absolute atomic E-state index is 13.2. The van der Waals surface area contributed by atoms with Crippen LogP contribution in [-0.4, -0.2) is 18.8 Å². The molecule has 0 aliphatic heterocycles. The molecule has 0 aliphatic carbocycles. The molecule has 0 saturated heterocycles. The lowest BCUT2D eigenvalue weighted by Crippen LogP contribution is -1.98. The lowest BCUT2D eigenvalue weighted by Gasteiger charge is -2.09. The molecule has 1 aromatic rings. The molecule has 0 aliphatic rings. The Kier molecular flexibility index (Phi) is 4.49. The van der Waals surface area contributed by atoms with Crippen LogP contribution in [0.15, 0.2) is 12.1 Å². The average Bonchev–Trinajstić information content (AvgIpc) is 2.17. The van der Waals surface area contributed by atoms with Crippen molar-refractivity contribution < 1.29 is 18.6 Å². The lowest BCUT2D eigenvalue weighted by molar-refractivity contribution is 0.284. The minimum atomic E-state index is -0.684. The highest BCUT2D eigenvalue weighted by Gasteiger charge is 2.11. The van der Waals surface area contributed by atoms with Crippen LogP contribution in [0.5, 0.6) is 5.75 Å². The average molecular weight is 216 g/mol. The zero-order chi connectivity index (χ0) is 11.3. The van der Waals surface area contributed by atoms with Gasteiger partial charge in [-0.3, -0.25) is 0 Å². The van der Waals surface area contributed by atoms with Crippen LogP contribution in [0.4, 0.5) is 8.78 Å². The number of benzene rings is 1. The molecule has 1 N–H and O–H groups in total. The van der Waals surface area contributed by atoms with E-state index < -0.39 is 11.6 Å². The number of aliphatic hydroxyl groups is 1. The fourth-order valence-electron chi connectivity index (χ4n) is 1.46. The van der Waals surface area contributed by atoms with Crippen molar-refractivity contribution in [3.8, 4) is 5.75 Å². The summed E-state index contributed by atoms with van der Waals surface area (Å²) in [6.07, 6.45) is 1.79. The molecule has 0 atom stereocenters. The molecule has 1 rings (SSSR count). The van der Waals surface area contributed by atoms with E-state index in [1.807, 2.05) is 0 Å². The molecule has 0 bridgehead atoms. The number of rotatable bonds is 5. The van der Waals surface area contributed by atoms with E-state index in [4.69, 9.17) is 9.84 Å². The minimum absolute atomic E-state index is 0.0834. The quantitative estimate of drug-likeness (QED) is 0.765. The zero-order valence-corrected chi connectivity index (χ0v) is 8.59. The lowest BCUT2D eigenvalue weighted by atomic mass is 10.1. The molecule has 2 nitrogen and oxygen atoms in total. The number of unbranched alkanes of at least 4 members (excludes halogenated alkanes) is 1. The van der Waals surface area contributed by atoms with Gasteiger partial charge in [0, 0.05) is 18.2 Å². The molecule has 0 amide bonds. The van der Waals surface area contributed by atoms with Crippen LogP contribution in [-0.2, 0) is 6.42 Å². The molecule has 0 saturated carbocycles. The van der Waals surface area contributed by atoms with E-state index in [0.717, 1.165) is 6.07 Å². The topological polar surface area (TPSA) is 29.5 Å². The first-order chi connectivity index (χ1) is 7.19. The van der Waals surface area contributed by atoms with Gasteiger partial charge >= 0.3 is 0 Å². The number of methoxy groups -OCH3 is 1. The van der Waals surface area contributed by atoms with Crippen molar-refractivity contribution in [3.05, 3.63) is 29.3 Å². The normalized spacial score (nSPS) is 10.4. The summed E-state index contributed by atoms with van der Waals surface area (Å²) in [7, 11) is 1.35. The Morgan fingerprint density at radius 2 is 2.00 bits per heavy atom. The molecule has 0 unspecified atom stereocenters. The Morgan fingerprint density at radius 3 is 2.60 bits per heavy atom. The fourth-order valence-corrected chi connectivity index (χ4v) is 1.46.